The van der Waals surface area contributed by atoms with Crippen LogP contribution in [0.25, 0.3) is 10.9 Å². The fraction of sp³-hybridized carbons (Fsp3) is 0.467. The highest BCUT2D eigenvalue weighted by Crippen LogP contribution is 2.22. The minimum absolute atomic E-state index is 0.0495. The second-order valence-corrected chi connectivity index (χ2v) is 6.15. The number of ether oxygens (including phenoxy) is 1. The molecule has 0 spiro atoms. The molecular weight excluding hydrogens is 310 g/mol. The summed E-state index contributed by atoms with van der Waals surface area (Å²) in [4.78, 5) is 17.0. The first kappa shape index (κ1) is 15.4. The van der Waals surface area contributed by atoms with E-state index in [2.05, 4.69) is 4.98 Å². The quantitative estimate of drug-likeness (QED) is 0.626. The lowest BCUT2D eigenvalue weighted by Gasteiger charge is -2.16. The van der Waals surface area contributed by atoms with Gasteiger partial charge in [-0.1, -0.05) is 23.9 Å². The van der Waals surface area contributed by atoms with Gasteiger partial charge in [-0.15, -0.1) is 0 Å². The summed E-state index contributed by atoms with van der Waals surface area (Å²) in [5.41, 5.74) is 0.339. The molecule has 2 aromatic rings. The van der Waals surface area contributed by atoms with Crippen molar-refractivity contribution in [1.29, 1.82) is 0 Å². The number of thioether (sulfide) groups is 1. The minimum atomic E-state index is -2.44. The van der Waals surface area contributed by atoms with E-state index in [1.54, 1.807) is 24.3 Å². The van der Waals surface area contributed by atoms with E-state index in [-0.39, 0.29) is 17.4 Å². The van der Waals surface area contributed by atoms with Crippen LogP contribution >= 0.6 is 11.8 Å². The van der Waals surface area contributed by atoms with Gasteiger partial charge in [0.2, 0.25) is 6.43 Å². The van der Waals surface area contributed by atoms with Gasteiger partial charge in [0.05, 0.1) is 29.3 Å². The first-order valence-electron chi connectivity index (χ1n) is 7.17. The van der Waals surface area contributed by atoms with E-state index in [4.69, 9.17) is 4.74 Å². The lowest BCUT2D eigenvalue weighted by atomic mass is 10.2. The smallest absolute Gasteiger partial charge is 0.262 e. The van der Waals surface area contributed by atoms with Crippen molar-refractivity contribution in [2.24, 2.45) is 0 Å². The van der Waals surface area contributed by atoms with Crippen LogP contribution in [0, 0.1) is 0 Å². The van der Waals surface area contributed by atoms with Gasteiger partial charge < -0.3 is 4.74 Å². The molecule has 22 heavy (non-hydrogen) atoms. The Balaban J connectivity index is 2.01. The van der Waals surface area contributed by atoms with Crippen molar-refractivity contribution >= 4 is 22.7 Å². The molecule has 0 radical (unpaired) electrons. The Labute approximate surface area is 130 Å². The van der Waals surface area contributed by atoms with Crippen LogP contribution in [0.2, 0.25) is 0 Å². The lowest BCUT2D eigenvalue weighted by molar-refractivity contribution is 0.0937. The average Bonchev–Trinajstić information content (AvgIpc) is 3.01. The van der Waals surface area contributed by atoms with E-state index in [0.29, 0.717) is 29.2 Å². The highest BCUT2D eigenvalue weighted by Gasteiger charge is 2.20. The molecule has 1 unspecified atom stereocenters. The zero-order valence-corrected chi connectivity index (χ0v) is 12.7. The molecule has 4 nitrogen and oxygen atoms in total. The number of hydrogen-bond acceptors (Lipinski definition) is 4. The Morgan fingerprint density at radius 3 is 2.95 bits per heavy atom. The van der Waals surface area contributed by atoms with Crippen LogP contribution in [0.4, 0.5) is 8.78 Å². The molecule has 0 aliphatic carbocycles. The second kappa shape index (κ2) is 6.75. The largest absolute Gasteiger partial charge is 0.376 e. The molecular formula is C15H16F2N2O2S. The maximum Gasteiger partial charge on any atom is 0.262 e. The van der Waals surface area contributed by atoms with E-state index in [1.807, 2.05) is 0 Å². The topological polar surface area (TPSA) is 44.1 Å². The molecule has 1 aliphatic rings. The van der Waals surface area contributed by atoms with Gasteiger partial charge in [-0.3, -0.25) is 9.36 Å². The lowest BCUT2D eigenvalue weighted by Crippen LogP contribution is -2.29. The number of fused-ring (bicyclic) bond motifs is 1. The van der Waals surface area contributed by atoms with Crippen molar-refractivity contribution in [3.8, 4) is 0 Å². The molecule has 0 N–H and O–H groups in total. The molecule has 7 heteroatoms. The summed E-state index contributed by atoms with van der Waals surface area (Å²) in [6.45, 7) is 1.04. The standard InChI is InChI=1S/C15H16F2N2O2S/c16-13(17)9-22-15-18-12-6-2-1-5-11(12)14(20)19(15)8-10-4-3-7-21-10/h1-2,5-6,10,13H,3-4,7-9H2. The summed E-state index contributed by atoms with van der Waals surface area (Å²) in [6.07, 6.45) is -0.658. The van der Waals surface area contributed by atoms with Crippen molar-refractivity contribution in [1.82, 2.24) is 9.55 Å². The van der Waals surface area contributed by atoms with Gasteiger partial charge >= 0.3 is 0 Å². The van der Waals surface area contributed by atoms with Crippen molar-refractivity contribution in [2.75, 3.05) is 12.4 Å². The van der Waals surface area contributed by atoms with Crippen LogP contribution in [0.15, 0.2) is 34.2 Å². The van der Waals surface area contributed by atoms with Gasteiger partial charge in [-0.2, -0.15) is 0 Å². The van der Waals surface area contributed by atoms with E-state index in [9.17, 15) is 13.6 Å². The molecule has 1 fully saturated rings. The van der Waals surface area contributed by atoms with Gasteiger partial charge in [0.15, 0.2) is 5.16 Å². The molecule has 0 saturated carbocycles. The van der Waals surface area contributed by atoms with E-state index in [0.717, 1.165) is 24.6 Å². The highest BCUT2D eigenvalue weighted by atomic mass is 32.2. The number of hydrogen-bond donors (Lipinski definition) is 0. The number of halogens is 2. The van der Waals surface area contributed by atoms with Crippen LogP contribution in [0.3, 0.4) is 0 Å². The van der Waals surface area contributed by atoms with E-state index in [1.165, 1.54) is 4.57 Å². The van der Waals surface area contributed by atoms with Crippen molar-refractivity contribution in [2.45, 2.75) is 37.1 Å². The van der Waals surface area contributed by atoms with Crippen LogP contribution < -0.4 is 5.56 Å². The molecule has 1 atom stereocenters. The molecule has 2 heterocycles. The van der Waals surface area contributed by atoms with Crippen molar-refractivity contribution in [3.63, 3.8) is 0 Å². The zero-order chi connectivity index (χ0) is 15.5. The van der Waals surface area contributed by atoms with Crippen molar-refractivity contribution < 1.29 is 13.5 Å². The number of para-hydroxylation sites is 1. The van der Waals surface area contributed by atoms with Gasteiger partial charge in [0.1, 0.15) is 0 Å². The van der Waals surface area contributed by atoms with Crippen LogP contribution in [0.5, 0.6) is 0 Å². The molecule has 1 aromatic heterocycles. The van der Waals surface area contributed by atoms with E-state index >= 15 is 0 Å². The summed E-state index contributed by atoms with van der Waals surface area (Å²) in [7, 11) is 0. The molecule has 1 aromatic carbocycles. The SMILES string of the molecule is O=c1c2ccccc2nc(SCC(F)F)n1CC1CCCO1. The third-order valence-corrected chi connectivity index (χ3v) is 4.56. The fourth-order valence-corrected chi connectivity index (χ4v) is 3.30. The summed E-state index contributed by atoms with van der Waals surface area (Å²) in [5, 5.41) is 0.835. The monoisotopic (exact) mass is 326 g/mol. The number of alkyl halides is 2. The maximum absolute atomic E-state index is 12.6. The highest BCUT2D eigenvalue weighted by molar-refractivity contribution is 7.99. The minimum Gasteiger partial charge on any atom is -0.376 e. The predicted molar refractivity (Wildman–Crippen MR) is 81.7 cm³/mol. The number of nitrogens with zero attached hydrogens (tertiary/aromatic N) is 2. The fourth-order valence-electron chi connectivity index (χ4n) is 2.55. The van der Waals surface area contributed by atoms with Crippen LogP contribution in [-0.4, -0.2) is 34.4 Å². The second-order valence-electron chi connectivity index (χ2n) is 5.16. The van der Waals surface area contributed by atoms with Crippen LogP contribution in [0.1, 0.15) is 12.8 Å². The number of benzene rings is 1. The third kappa shape index (κ3) is 3.30. The molecule has 118 valence electrons. The Hall–Kier alpha value is -1.47. The molecule has 1 saturated heterocycles. The zero-order valence-electron chi connectivity index (χ0n) is 11.9. The summed E-state index contributed by atoms with van der Waals surface area (Å²) in [5.74, 6) is -0.379. The summed E-state index contributed by atoms with van der Waals surface area (Å²) in [6, 6.07) is 6.98. The number of rotatable bonds is 5. The van der Waals surface area contributed by atoms with Crippen molar-refractivity contribution in [3.05, 3.63) is 34.6 Å². The molecule has 1 aliphatic heterocycles. The number of aromatic nitrogens is 2. The molecule has 0 amide bonds. The Kier molecular flexibility index (Phi) is 4.73. The Morgan fingerprint density at radius 2 is 2.23 bits per heavy atom. The Bertz CT molecular complexity index is 714. The summed E-state index contributed by atoms with van der Waals surface area (Å²) < 4.78 is 32.1. The Morgan fingerprint density at radius 1 is 1.41 bits per heavy atom. The summed E-state index contributed by atoms with van der Waals surface area (Å²) >= 11 is 0.914. The molecule has 3 rings (SSSR count). The van der Waals surface area contributed by atoms with Gasteiger partial charge in [0.25, 0.3) is 5.56 Å². The van der Waals surface area contributed by atoms with Crippen LogP contribution in [-0.2, 0) is 11.3 Å². The third-order valence-electron chi connectivity index (χ3n) is 3.58. The molecule has 0 bridgehead atoms. The van der Waals surface area contributed by atoms with Gasteiger partial charge in [-0.05, 0) is 25.0 Å². The first-order valence-corrected chi connectivity index (χ1v) is 8.16. The normalized spacial score (nSPS) is 18.4. The van der Waals surface area contributed by atoms with Gasteiger partial charge in [0, 0.05) is 6.61 Å². The maximum atomic E-state index is 12.6. The first-order chi connectivity index (χ1) is 10.6. The predicted octanol–water partition coefficient (Wildman–Crippen LogP) is 2.93. The average molecular weight is 326 g/mol. The van der Waals surface area contributed by atoms with Gasteiger partial charge in [-0.25, -0.2) is 13.8 Å². The van der Waals surface area contributed by atoms with E-state index < -0.39 is 6.43 Å².